The molecule has 30 heavy (non-hydrogen) atoms. The smallest absolute Gasteiger partial charge is 0.408 e. The highest BCUT2D eigenvalue weighted by Gasteiger charge is 2.28. The lowest BCUT2D eigenvalue weighted by Gasteiger charge is -2.29. The minimum absolute atomic E-state index is 0.0793. The largest absolute Gasteiger partial charge is 0.445 e. The predicted molar refractivity (Wildman–Crippen MR) is 114 cm³/mol. The summed E-state index contributed by atoms with van der Waals surface area (Å²) in [4.78, 5) is 24.6. The van der Waals surface area contributed by atoms with Crippen LogP contribution in [0.25, 0.3) is 0 Å². The molecule has 0 aromatic heterocycles. The van der Waals surface area contributed by atoms with E-state index in [1.54, 1.807) is 45.0 Å². The van der Waals surface area contributed by atoms with Gasteiger partial charge in [0.25, 0.3) is 0 Å². The van der Waals surface area contributed by atoms with E-state index in [4.69, 9.17) is 21.1 Å². The Morgan fingerprint density at radius 3 is 2.20 bits per heavy atom. The number of aliphatic hydroxyl groups is 1. The third-order valence-electron chi connectivity index (χ3n) is 4.02. The second kappa shape index (κ2) is 10.8. The number of nitrogens with one attached hydrogen (secondary N) is 2. The monoisotopic (exact) mass is 434 g/mol. The molecule has 0 spiro atoms. The molecule has 0 saturated carbocycles. The van der Waals surface area contributed by atoms with Gasteiger partial charge in [0.1, 0.15) is 12.2 Å². The molecule has 162 valence electrons. The van der Waals surface area contributed by atoms with Crippen LogP contribution in [0.1, 0.15) is 37.9 Å². The van der Waals surface area contributed by atoms with Crippen LogP contribution in [-0.4, -0.2) is 35.5 Å². The first-order chi connectivity index (χ1) is 14.2. The number of alkyl carbamates (subject to hydrolysis) is 2. The highest BCUT2D eigenvalue weighted by atomic mass is 35.5. The van der Waals surface area contributed by atoms with E-state index in [1.165, 1.54) is 0 Å². The number of aliphatic hydroxyl groups excluding tert-OH is 1. The average molecular weight is 435 g/mol. The van der Waals surface area contributed by atoms with Gasteiger partial charge in [-0.1, -0.05) is 54.1 Å². The van der Waals surface area contributed by atoms with E-state index in [0.717, 1.165) is 5.56 Å². The topological polar surface area (TPSA) is 96.9 Å². The first-order valence-corrected chi connectivity index (χ1v) is 9.89. The zero-order valence-electron chi connectivity index (χ0n) is 17.2. The molecule has 0 aliphatic rings. The van der Waals surface area contributed by atoms with E-state index in [2.05, 4.69) is 10.6 Å². The van der Waals surface area contributed by atoms with E-state index in [1.807, 2.05) is 30.3 Å². The van der Waals surface area contributed by atoms with Crippen molar-refractivity contribution in [2.45, 2.75) is 45.1 Å². The van der Waals surface area contributed by atoms with Crippen molar-refractivity contribution in [1.82, 2.24) is 10.6 Å². The SMILES string of the molecule is CC(C)(C)OC(=O)N[C@H](c1ccc(Cl)cc1)[C@H](CO)NC(=O)OCc1ccccc1. The fraction of sp³-hybridized carbons (Fsp3) is 0.364. The quantitative estimate of drug-likeness (QED) is 0.607. The Hall–Kier alpha value is -2.77. The van der Waals surface area contributed by atoms with Gasteiger partial charge in [0.15, 0.2) is 0 Å². The number of hydrogen-bond donors (Lipinski definition) is 3. The first kappa shape index (κ1) is 23.5. The molecule has 8 heteroatoms. The Labute approximate surface area is 181 Å². The minimum Gasteiger partial charge on any atom is -0.445 e. The molecule has 3 N–H and O–H groups in total. The third kappa shape index (κ3) is 7.93. The second-order valence-corrected chi connectivity index (χ2v) is 8.11. The van der Waals surface area contributed by atoms with Gasteiger partial charge in [-0.15, -0.1) is 0 Å². The summed E-state index contributed by atoms with van der Waals surface area (Å²) in [7, 11) is 0. The normalized spacial score (nSPS) is 13.1. The van der Waals surface area contributed by atoms with Crippen LogP contribution in [0, 0.1) is 0 Å². The van der Waals surface area contributed by atoms with Crippen molar-refractivity contribution < 1.29 is 24.2 Å². The van der Waals surface area contributed by atoms with Gasteiger partial charge in [0.05, 0.1) is 18.7 Å². The van der Waals surface area contributed by atoms with E-state index in [-0.39, 0.29) is 6.61 Å². The van der Waals surface area contributed by atoms with Crippen LogP contribution in [0.15, 0.2) is 54.6 Å². The number of amides is 2. The summed E-state index contributed by atoms with van der Waals surface area (Å²) in [5.74, 6) is 0. The highest BCUT2D eigenvalue weighted by molar-refractivity contribution is 6.30. The summed E-state index contributed by atoms with van der Waals surface area (Å²) < 4.78 is 10.5. The molecular formula is C22H27ClN2O5. The molecule has 2 aromatic carbocycles. The molecular weight excluding hydrogens is 408 g/mol. The van der Waals surface area contributed by atoms with Crippen molar-refractivity contribution in [2.75, 3.05) is 6.61 Å². The number of ether oxygens (including phenoxy) is 2. The molecule has 0 aliphatic carbocycles. The zero-order valence-corrected chi connectivity index (χ0v) is 18.0. The Bertz CT molecular complexity index is 822. The maximum atomic E-state index is 12.3. The maximum Gasteiger partial charge on any atom is 0.408 e. The summed E-state index contributed by atoms with van der Waals surface area (Å²) in [6, 6.07) is 14.3. The van der Waals surface area contributed by atoms with Crippen molar-refractivity contribution in [2.24, 2.45) is 0 Å². The van der Waals surface area contributed by atoms with Crippen molar-refractivity contribution in [3.63, 3.8) is 0 Å². The number of benzene rings is 2. The number of rotatable bonds is 7. The molecule has 2 aromatic rings. The van der Waals surface area contributed by atoms with Crippen molar-refractivity contribution in [1.29, 1.82) is 0 Å². The fourth-order valence-electron chi connectivity index (χ4n) is 2.67. The van der Waals surface area contributed by atoms with Crippen LogP contribution in [0.5, 0.6) is 0 Å². The maximum absolute atomic E-state index is 12.3. The van der Waals surface area contributed by atoms with E-state index in [9.17, 15) is 14.7 Å². The summed E-state index contributed by atoms with van der Waals surface area (Å²) in [5, 5.41) is 15.7. The van der Waals surface area contributed by atoms with Crippen LogP contribution in [0.3, 0.4) is 0 Å². The highest BCUT2D eigenvalue weighted by Crippen LogP contribution is 2.21. The van der Waals surface area contributed by atoms with Crippen LogP contribution in [-0.2, 0) is 16.1 Å². The number of carbonyl (C=O) groups excluding carboxylic acids is 2. The summed E-state index contributed by atoms with van der Waals surface area (Å²) >= 11 is 5.96. The van der Waals surface area contributed by atoms with E-state index < -0.39 is 36.5 Å². The van der Waals surface area contributed by atoms with Gasteiger partial charge in [0, 0.05) is 5.02 Å². The molecule has 0 heterocycles. The molecule has 0 aliphatic heterocycles. The Morgan fingerprint density at radius 2 is 1.63 bits per heavy atom. The molecule has 0 unspecified atom stereocenters. The van der Waals surface area contributed by atoms with Crippen molar-refractivity contribution in [3.05, 3.63) is 70.7 Å². The molecule has 0 radical (unpaired) electrons. The summed E-state index contributed by atoms with van der Waals surface area (Å²) in [6.07, 6.45) is -1.40. The van der Waals surface area contributed by atoms with Crippen LogP contribution >= 0.6 is 11.6 Å². The molecule has 0 bridgehead atoms. The van der Waals surface area contributed by atoms with Gasteiger partial charge in [-0.2, -0.15) is 0 Å². The van der Waals surface area contributed by atoms with E-state index in [0.29, 0.717) is 10.6 Å². The molecule has 7 nitrogen and oxygen atoms in total. The number of halogens is 1. The molecule has 2 rings (SSSR count). The first-order valence-electron chi connectivity index (χ1n) is 9.51. The number of hydrogen-bond acceptors (Lipinski definition) is 5. The summed E-state index contributed by atoms with van der Waals surface area (Å²) in [5.41, 5.74) is 0.757. The summed E-state index contributed by atoms with van der Waals surface area (Å²) in [6.45, 7) is 4.87. The van der Waals surface area contributed by atoms with Gasteiger partial charge in [-0.05, 0) is 44.0 Å². The Balaban J connectivity index is 2.11. The average Bonchev–Trinajstić information content (AvgIpc) is 2.69. The van der Waals surface area contributed by atoms with E-state index >= 15 is 0 Å². The number of carbonyl (C=O) groups is 2. The molecule has 0 saturated heterocycles. The lowest BCUT2D eigenvalue weighted by Crippen LogP contribution is -2.49. The van der Waals surface area contributed by atoms with Crippen molar-refractivity contribution in [3.8, 4) is 0 Å². The fourth-order valence-corrected chi connectivity index (χ4v) is 2.80. The Morgan fingerprint density at radius 1 is 1.00 bits per heavy atom. The Kier molecular flexibility index (Phi) is 8.50. The van der Waals surface area contributed by atoms with Gasteiger partial charge in [0.2, 0.25) is 0 Å². The van der Waals surface area contributed by atoms with Crippen LogP contribution in [0.2, 0.25) is 5.02 Å². The van der Waals surface area contributed by atoms with Gasteiger partial charge in [-0.3, -0.25) is 0 Å². The minimum atomic E-state index is -0.859. The van der Waals surface area contributed by atoms with Crippen LogP contribution < -0.4 is 10.6 Å². The molecule has 0 fully saturated rings. The predicted octanol–water partition coefficient (Wildman–Crippen LogP) is 4.19. The third-order valence-corrected chi connectivity index (χ3v) is 4.27. The standard InChI is InChI=1S/C22H27ClN2O5/c1-22(2,3)30-21(28)25-19(16-9-11-17(23)12-10-16)18(13-26)24-20(27)29-14-15-7-5-4-6-8-15/h4-12,18-19,26H,13-14H2,1-3H3,(H,24,27)(H,25,28)/t18-,19+/m0/s1. The second-order valence-electron chi connectivity index (χ2n) is 7.67. The van der Waals surface area contributed by atoms with Crippen LogP contribution in [0.4, 0.5) is 9.59 Å². The lowest BCUT2D eigenvalue weighted by molar-refractivity contribution is 0.0476. The molecule has 2 amide bonds. The van der Waals surface area contributed by atoms with Crippen molar-refractivity contribution >= 4 is 23.8 Å². The van der Waals surface area contributed by atoms with Gasteiger partial charge >= 0.3 is 12.2 Å². The van der Waals surface area contributed by atoms with Gasteiger partial charge < -0.3 is 25.2 Å². The van der Waals surface area contributed by atoms with Gasteiger partial charge in [-0.25, -0.2) is 9.59 Å². The lowest BCUT2D eigenvalue weighted by atomic mass is 10.00. The molecule has 2 atom stereocenters. The zero-order chi connectivity index (χ0) is 22.1.